The summed E-state index contributed by atoms with van der Waals surface area (Å²) in [6, 6.07) is 8.46. The van der Waals surface area contributed by atoms with Gasteiger partial charge in [0, 0.05) is 41.7 Å². The third kappa shape index (κ3) is 5.76. The largest absolute Gasteiger partial charge is 0.444 e. The molecule has 0 spiro atoms. The fourth-order valence-electron chi connectivity index (χ4n) is 5.72. The molecule has 0 aromatic heterocycles. The van der Waals surface area contributed by atoms with E-state index in [2.05, 4.69) is 16.7 Å². The molecule has 4 atom stereocenters. The van der Waals surface area contributed by atoms with Crippen molar-refractivity contribution in [3.63, 3.8) is 0 Å². The Hall–Kier alpha value is -2.93. The van der Waals surface area contributed by atoms with E-state index in [9.17, 15) is 14.9 Å². The van der Waals surface area contributed by atoms with Crippen molar-refractivity contribution in [1.29, 1.82) is 5.26 Å². The van der Waals surface area contributed by atoms with E-state index in [1.807, 2.05) is 0 Å². The fraction of sp³-hybridized carbons (Fsp3) is 0.483. The van der Waals surface area contributed by atoms with E-state index in [4.69, 9.17) is 27.9 Å². The Kier molecular flexibility index (Phi) is 8.65. The number of carbonyl (C=O) groups is 2. The number of nitrogens with one attached hydrogen (secondary N) is 2. The van der Waals surface area contributed by atoms with Crippen molar-refractivity contribution in [3.8, 4) is 6.07 Å². The highest BCUT2D eigenvalue weighted by atomic mass is 35.5. The van der Waals surface area contributed by atoms with E-state index in [1.54, 1.807) is 32.6 Å². The average molecular weight is 594 g/mol. The first-order valence-electron chi connectivity index (χ1n) is 13.1. The molecule has 2 N–H and O–H groups in total. The molecule has 7 nitrogen and oxygen atoms in total. The van der Waals surface area contributed by atoms with E-state index in [1.165, 1.54) is 30.3 Å². The van der Waals surface area contributed by atoms with Crippen molar-refractivity contribution in [2.24, 2.45) is 0 Å². The first kappa shape index (κ1) is 30.0. The standard InChI is InChI=1S/C29H32Cl2F2N4O3/c1-16-29(15-34,20-9-8-17(30)14-22(20)32)23(19-6-5-7-21(31)24(19)33)25(35-16)26(38)36-18-10-12-37(13-11-18)27(39)40-28(2,3)4/h5-9,14,16,18,23,25,35H,10-13H2,1-4H3,(H,36,38)/t16-,23-,25+,29+/m0/s1. The van der Waals surface area contributed by atoms with Crippen LogP contribution in [0.25, 0.3) is 0 Å². The van der Waals surface area contributed by atoms with E-state index >= 15 is 8.78 Å². The van der Waals surface area contributed by atoms with Crippen LogP contribution < -0.4 is 10.6 Å². The van der Waals surface area contributed by atoms with Gasteiger partial charge in [-0.25, -0.2) is 13.6 Å². The van der Waals surface area contributed by atoms with Gasteiger partial charge in [0.1, 0.15) is 22.7 Å². The molecular weight excluding hydrogens is 561 g/mol. The predicted molar refractivity (Wildman–Crippen MR) is 148 cm³/mol. The number of ether oxygens (including phenoxy) is 1. The summed E-state index contributed by atoms with van der Waals surface area (Å²) in [6.45, 7) is 7.83. The van der Waals surface area contributed by atoms with E-state index in [0.717, 1.165) is 6.07 Å². The van der Waals surface area contributed by atoms with E-state index < -0.39 is 52.7 Å². The van der Waals surface area contributed by atoms with Crippen molar-refractivity contribution in [2.75, 3.05) is 13.1 Å². The van der Waals surface area contributed by atoms with Gasteiger partial charge in [0.05, 0.1) is 17.1 Å². The Bertz CT molecular complexity index is 1340. The molecule has 0 unspecified atom stereocenters. The number of amides is 2. The number of carbonyl (C=O) groups excluding carboxylic acids is 2. The van der Waals surface area contributed by atoms with Gasteiger partial charge in [0.2, 0.25) is 5.91 Å². The minimum Gasteiger partial charge on any atom is -0.444 e. The van der Waals surface area contributed by atoms with Crippen LogP contribution in [0.4, 0.5) is 13.6 Å². The Labute approximate surface area is 242 Å². The summed E-state index contributed by atoms with van der Waals surface area (Å²) < 4.78 is 36.3. The van der Waals surface area contributed by atoms with Crippen LogP contribution in [-0.4, -0.2) is 53.7 Å². The zero-order chi connectivity index (χ0) is 29.4. The molecule has 2 amide bonds. The number of halogens is 4. The lowest BCUT2D eigenvalue weighted by Crippen LogP contribution is -2.52. The van der Waals surface area contributed by atoms with Crippen molar-refractivity contribution in [1.82, 2.24) is 15.5 Å². The maximum Gasteiger partial charge on any atom is 0.410 e. The maximum absolute atomic E-state index is 15.5. The predicted octanol–water partition coefficient (Wildman–Crippen LogP) is 5.69. The van der Waals surface area contributed by atoms with Crippen LogP contribution in [0.15, 0.2) is 36.4 Å². The first-order valence-corrected chi connectivity index (χ1v) is 13.9. The summed E-state index contributed by atoms with van der Waals surface area (Å²) in [5, 5.41) is 16.7. The maximum atomic E-state index is 15.5. The van der Waals surface area contributed by atoms with Crippen LogP contribution in [0.5, 0.6) is 0 Å². The van der Waals surface area contributed by atoms with Crippen LogP contribution in [0, 0.1) is 23.0 Å². The second-order valence-corrected chi connectivity index (χ2v) is 12.2. The normalized spacial score (nSPS) is 25.4. The van der Waals surface area contributed by atoms with Crippen LogP contribution in [0.3, 0.4) is 0 Å². The van der Waals surface area contributed by atoms with Crippen molar-refractivity contribution in [3.05, 3.63) is 69.2 Å². The molecule has 40 heavy (non-hydrogen) atoms. The van der Waals surface area contributed by atoms with Crippen molar-refractivity contribution < 1.29 is 23.1 Å². The van der Waals surface area contributed by atoms with Crippen molar-refractivity contribution in [2.45, 2.75) is 75.6 Å². The van der Waals surface area contributed by atoms with Crippen LogP contribution in [-0.2, 0) is 14.9 Å². The Balaban J connectivity index is 1.64. The highest BCUT2D eigenvalue weighted by molar-refractivity contribution is 6.31. The van der Waals surface area contributed by atoms with E-state index in [-0.39, 0.29) is 27.2 Å². The molecule has 214 valence electrons. The minimum atomic E-state index is -1.66. The molecule has 0 saturated carbocycles. The molecule has 2 fully saturated rings. The van der Waals surface area contributed by atoms with Gasteiger partial charge < -0.3 is 20.3 Å². The lowest BCUT2D eigenvalue weighted by atomic mass is 9.65. The molecule has 4 rings (SSSR count). The number of nitriles is 1. The van der Waals surface area contributed by atoms with Gasteiger partial charge in [-0.15, -0.1) is 0 Å². The number of nitrogens with zero attached hydrogens (tertiary/aromatic N) is 2. The third-order valence-electron chi connectivity index (χ3n) is 7.59. The Morgan fingerprint density at radius 3 is 2.45 bits per heavy atom. The van der Waals surface area contributed by atoms with E-state index in [0.29, 0.717) is 25.9 Å². The second kappa shape index (κ2) is 11.5. The zero-order valence-electron chi connectivity index (χ0n) is 22.7. The molecular formula is C29H32Cl2F2N4O3. The number of likely N-dealkylation sites (tertiary alicyclic amines) is 1. The summed E-state index contributed by atoms with van der Waals surface area (Å²) in [5.74, 6) is -3.09. The molecule has 0 bridgehead atoms. The first-order chi connectivity index (χ1) is 18.8. The van der Waals surface area contributed by atoms with Crippen LogP contribution in [0.1, 0.15) is 57.6 Å². The molecule has 0 radical (unpaired) electrons. The SMILES string of the molecule is C[C@@H]1N[C@@H](C(=O)NC2CCN(C(=O)OC(C)(C)C)CC2)[C@H](c2cccc(Cl)c2F)[C@@]1(C#N)c1ccc(Cl)cc1F. The molecule has 0 aliphatic carbocycles. The highest BCUT2D eigenvalue weighted by Crippen LogP contribution is 2.50. The molecule has 2 saturated heterocycles. The lowest BCUT2D eigenvalue weighted by molar-refractivity contribution is -0.124. The Morgan fingerprint density at radius 1 is 1.18 bits per heavy atom. The highest BCUT2D eigenvalue weighted by Gasteiger charge is 2.59. The van der Waals surface area contributed by atoms with Gasteiger partial charge >= 0.3 is 6.09 Å². The third-order valence-corrected chi connectivity index (χ3v) is 8.12. The van der Waals surface area contributed by atoms with Crippen molar-refractivity contribution >= 4 is 35.2 Å². The topological polar surface area (TPSA) is 94.5 Å². The van der Waals surface area contributed by atoms with Gasteiger partial charge in [-0.3, -0.25) is 4.79 Å². The molecule has 2 heterocycles. The van der Waals surface area contributed by atoms with Gasteiger partial charge in [0.15, 0.2) is 0 Å². The zero-order valence-corrected chi connectivity index (χ0v) is 24.2. The van der Waals surface area contributed by atoms with Gasteiger partial charge in [-0.1, -0.05) is 41.4 Å². The molecule has 2 aromatic carbocycles. The van der Waals surface area contributed by atoms with Gasteiger partial charge in [0.25, 0.3) is 0 Å². The number of hydrogen-bond donors (Lipinski definition) is 2. The number of hydrogen-bond acceptors (Lipinski definition) is 5. The average Bonchev–Trinajstić information content (AvgIpc) is 3.17. The molecule has 2 aromatic rings. The minimum absolute atomic E-state index is 0.00439. The van der Waals surface area contributed by atoms with Gasteiger partial charge in [-0.05, 0) is 64.3 Å². The lowest BCUT2D eigenvalue weighted by Gasteiger charge is -2.35. The quantitative estimate of drug-likeness (QED) is 0.475. The monoisotopic (exact) mass is 592 g/mol. The summed E-state index contributed by atoms with van der Waals surface area (Å²) in [7, 11) is 0. The van der Waals surface area contributed by atoms with Gasteiger partial charge in [-0.2, -0.15) is 5.26 Å². The molecule has 2 aliphatic heterocycles. The summed E-state index contributed by atoms with van der Waals surface area (Å²) in [6.07, 6.45) is 0.556. The smallest absolute Gasteiger partial charge is 0.410 e. The summed E-state index contributed by atoms with van der Waals surface area (Å²) >= 11 is 12.1. The summed E-state index contributed by atoms with van der Waals surface area (Å²) in [4.78, 5) is 27.8. The molecule has 2 aliphatic rings. The second-order valence-electron chi connectivity index (χ2n) is 11.3. The summed E-state index contributed by atoms with van der Waals surface area (Å²) in [5.41, 5.74) is -2.25. The number of rotatable bonds is 4. The number of piperidine rings is 1. The fourth-order valence-corrected chi connectivity index (χ4v) is 6.06. The Morgan fingerprint density at radius 2 is 1.85 bits per heavy atom. The van der Waals surface area contributed by atoms with Crippen LogP contribution in [0.2, 0.25) is 10.0 Å². The number of benzene rings is 2. The van der Waals surface area contributed by atoms with Crippen LogP contribution >= 0.6 is 23.2 Å². The molecule has 11 heteroatoms.